The van der Waals surface area contributed by atoms with Crippen LogP contribution in [0, 0.1) is 11.8 Å². The van der Waals surface area contributed by atoms with Crippen LogP contribution in [0.1, 0.15) is 17.5 Å². The number of benzene rings is 1. The van der Waals surface area contributed by atoms with Crippen molar-refractivity contribution >= 4 is 28.9 Å². The predicted molar refractivity (Wildman–Crippen MR) is 109 cm³/mol. The van der Waals surface area contributed by atoms with Gasteiger partial charge in [-0.25, -0.2) is 0 Å². The number of phenols is 1. The quantitative estimate of drug-likeness (QED) is 0.334. The van der Waals surface area contributed by atoms with Gasteiger partial charge in [-0.3, -0.25) is 14.4 Å². The third-order valence-electron chi connectivity index (χ3n) is 6.59. The fourth-order valence-electron chi connectivity index (χ4n) is 5.12. The zero-order valence-corrected chi connectivity index (χ0v) is 16.9. The molecule has 0 aliphatic heterocycles. The van der Waals surface area contributed by atoms with E-state index >= 15 is 0 Å². The molecule has 0 spiro atoms. The number of hydrogen-bond donors (Lipinski definition) is 6. The smallest absolute Gasteiger partial charge is 0.255 e. The highest BCUT2D eigenvalue weighted by Crippen LogP contribution is 2.52. The number of fused-ring (bicyclic) bond motifs is 3. The number of aliphatic hydroxyl groups excluding tert-OH is 2. The number of rotatable bonds is 2. The third-order valence-corrected chi connectivity index (χ3v) is 6.59. The molecule has 0 heterocycles. The number of aromatic hydroxyl groups is 1. The highest BCUT2D eigenvalue weighted by atomic mass is 16.3. The van der Waals surface area contributed by atoms with Crippen molar-refractivity contribution in [2.75, 3.05) is 19.0 Å². The van der Waals surface area contributed by atoms with Crippen LogP contribution in [-0.4, -0.2) is 63.6 Å². The van der Waals surface area contributed by atoms with Crippen molar-refractivity contribution in [3.05, 3.63) is 40.2 Å². The van der Waals surface area contributed by atoms with E-state index in [-0.39, 0.29) is 29.7 Å². The molecule has 164 valence electrons. The number of ketones is 2. The Hall–Kier alpha value is -3.37. The first kappa shape index (κ1) is 20.9. The third kappa shape index (κ3) is 2.55. The number of anilines is 1. The molecule has 1 amide bonds. The normalized spacial score (nSPS) is 30.0. The van der Waals surface area contributed by atoms with Crippen LogP contribution in [0.2, 0.25) is 0 Å². The molecule has 1 saturated carbocycles. The molecule has 0 radical (unpaired) electrons. The number of hydrogen-bond acceptors (Lipinski definition) is 9. The van der Waals surface area contributed by atoms with Gasteiger partial charge in [-0.2, -0.15) is 0 Å². The van der Waals surface area contributed by atoms with Crippen LogP contribution in [-0.2, 0) is 20.8 Å². The second-order valence-electron chi connectivity index (χ2n) is 8.43. The molecular formula is C21H23N3O7. The van der Waals surface area contributed by atoms with Gasteiger partial charge < -0.3 is 36.8 Å². The lowest BCUT2D eigenvalue weighted by Crippen LogP contribution is -2.65. The molecule has 4 rings (SSSR count). The Morgan fingerprint density at radius 1 is 1.19 bits per heavy atom. The molecule has 10 nitrogen and oxygen atoms in total. The fourth-order valence-corrected chi connectivity index (χ4v) is 5.12. The first-order valence-corrected chi connectivity index (χ1v) is 9.69. The molecule has 3 aliphatic rings. The van der Waals surface area contributed by atoms with Gasteiger partial charge >= 0.3 is 0 Å². The predicted octanol–water partition coefficient (Wildman–Crippen LogP) is -0.573. The van der Waals surface area contributed by atoms with Crippen molar-refractivity contribution in [2.24, 2.45) is 23.3 Å². The van der Waals surface area contributed by atoms with Crippen molar-refractivity contribution in [2.45, 2.75) is 24.5 Å². The summed E-state index contributed by atoms with van der Waals surface area (Å²) in [7, 11) is 3.58. The summed E-state index contributed by atoms with van der Waals surface area (Å²) in [6.45, 7) is 0. The second kappa shape index (κ2) is 6.56. The van der Waals surface area contributed by atoms with E-state index in [2.05, 4.69) is 0 Å². The van der Waals surface area contributed by atoms with Crippen LogP contribution in [0.5, 0.6) is 5.75 Å². The number of Topliss-reactive ketones (excluding diaryl/α,β-unsaturated/α-hetero) is 2. The van der Waals surface area contributed by atoms with Gasteiger partial charge in [0, 0.05) is 31.3 Å². The number of amides is 1. The van der Waals surface area contributed by atoms with Gasteiger partial charge in [0.25, 0.3) is 5.91 Å². The maximum atomic E-state index is 13.4. The largest absolute Gasteiger partial charge is 0.508 e. The molecule has 0 unspecified atom stereocenters. The fraction of sp³-hybridized carbons (Fsp3) is 0.381. The zero-order chi connectivity index (χ0) is 23.0. The topological polar surface area (TPSA) is 187 Å². The van der Waals surface area contributed by atoms with Gasteiger partial charge in [0.15, 0.2) is 11.4 Å². The number of nitrogens with zero attached hydrogens (tertiary/aromatic N) is 1. The molecule has 1 fully saturated rings. The van der Waals surface area contributed by atoms with Crippen molar-refractivity contribution in [3.63, 3.8) is 0 Å². The summed E-state index contributed by atoms with van der Waals surface area (Å²) in [5.74, 6) is -7.14. The Morgan fingerprint density at radius 3 is 2.42 bits per heavy atom. The van der Waals surface area contributed by atoms with Gasteiger partial charge in [0.1, 0.15) is 22.8 Å². The lowest BCUT2D eigenvalue weighted by Gasteiger charge is -2.48. The molecule has 1 aromatic rings. The van der Waals surface area contributed by atoms with Crippen LogP contribution < -0.4 is 16.4 Å². The van der Waals surface area contributed by atoms with E-state index in [1.54, 1.807) is 25.1 Å². The van der Waals surface area contributed by atoms with E-state index < -0.39 is 58.0 Å². The summed E-state index contributed by atoms with van der Waals surface area (Å²) >= 11 is 0. The summed E-state index contributed by atoms with van der Waals surface area (Å²) in [4.78, 5) is 39.4. The van der Waals surface area contributed by atoms with Gasteiger partial charge in [-0.1, -0.05) is 0 Å². The van der Waals surface area contributed by atoms with E-state index in [0.717, 1.165) is 5.69 Å². The highest BCUT2D eigenvalue weighted by molar-refractivity contribution is 6.24. The number of primary amides is 1. The van der Waals surface area contributed by atoms with Crippen molar-refractivity contribution in [3.8, 4) is 5.75 Å². The number of phenolic OH excluding ortho intramolecular Hbond substituents is 1. The maximum Gasteiger partial charge on any atom is 0.255 e. The molecule has 0 bridgehead atoms. The van der Waals surface area contributed by atoms with Crippen molar-refractivity contribution in [1.29, 1.82) is 0 Å². The van der Waals surface area contributed by atoms with E-state index in [9.17, 15) is 34.8 Å². The van der Waals surface area contributed by atoms with Crippen LogP contribution in [0.15, 0.2) is 29.0 Å². The van der Waals surface area contributed by atoms with Crippen molar-refractivity contribution < 1.29 is 34.8 Å². The molecular weight excluding hydrogens is 406 g/mol. The number of aliphatic hydroxyl groups is 3. The molecule has 31 heavy (non-hydrogen) atoms. The molecule has 10 heteroatoms. The Kier molecular flexibility index (Phi) is 4.42. The van der Waals surface area contributed by atoms with Crippen molar-refractivity contribution in [1.82, 2.24) is 0 Å². The highest BCUT2D eigenvalue weighted by Gasteiger charge is 2.63. The van der Waals surface area contributed by atoms with Crippen LogP contribution in [0.3, 0.4) is 0 Å². The van der Waals surface area contributed by atoms with Crippen LogP contribution in [0.4, 0.5) is 5.69 Å². The SMILES string of the molecule is CN(C)c1ccc(O)c2c1C[C@H]1C[C@H]3[C@@H](N)C(=O)C(C(N)=O)=C(O)[C@@]3(O)C(=O)C1=C2O. The first-order chi connectivity index (χ1) is 14.4. The summed E-state index contributed by atoms with van der Waals surface area (Å²) in [5, 5.41) is 43.2. The summed E-state index contributed by atoms with van der Waals surface area (Å²) < 4.78 is 0. The van der Waals surface area contributed by atoms with Gasteiger partial charge in [0.05, 0.1) is 11.6 Å². The Labute approximate surface area is 177 Å². The van der Waals surface area contributed by atoms with Gasteiger partial charge in [0.2, 0.25) is 5.78 Å². The molecule has 0 aromatic heterocycles. The lowest BCUT2D eigenvalue weighted by atomic mass is 9.58. The maximum absolute atomic E-state index is 13.4. The summed E-state index contributed by atoms with van der Waals surface area (Å²) in [5.41, 5.74) is 8.71. The Balaban J connectivity index is 1.97. The summed E-state index contributed by atoms with van der Waals surface area (Å²) in [6, 6.07) is 1.61. The second-order valence-corrected chi connectivity index (χ2v) is 8.43. The van der Waals surface area contributed by atoms with Gasteiger partial charge in [-0.05, 0) is 36.5 Å². The van der Waals surface area contributed by atoms with Gasteiger partial charge in [-0.15, -0.1) is 0 Å². The first-order valence-electron chi connectivity index (χ1n) is 9.69. The van der Waals surface area contributed by atoms with Crippen LogP contribution in [0.25, 0.3) is 5.76 Å². The molecule has 8 N–H and O–H groups in total. The minimum atomic E-state index is -2.69. The van der Waals surface area contributed by atoms with Crippen LogP contribution >= 0.6 is 0 Å². The van der Waals surface area contributed by atoms with E-state index in [1.165, 1.54) is 6.07 Å². The Bertz CT molecular complexity index is 1120. The molecule has 4 atom stereocenters. The molecule has 3 aliphatic carbocycles. The average molecular weight is 429 g/mol. The number of carbonyl (C=O) groups is 3. The summed E-state index contributed by atoms with van der Waals surface area (Å²) in [6.07, 6.45) is 0.204. The van der Waals surface area contributed by atoms with E-state index in [4.69, 9.17) is 11.5 Å². The number of nitrogens with two attached hydrogens (primary N) is 2. The average Bonchev–Trinajstić information content (AvgIpc) is 2.68. The Morgan fingerprint density at radius 2 is 1.84 bits per heavy atom. The lowest BCUT2D eigenvalue weighted by molar-refractivity contribution is -0.149. The molecule has 1 aromatic carbocycles. The minimum absolute atomic E-state index is 0.0212. The van der Waals surface area contributed by atoms with E-state index in [1.807, 2.05) is 0 Å². The standard InChI is InChI=1S/C21H23N3O7/c1-24(2)10-3-4-11(25)13-8(10)5-7-6-9-15(22)17(27)14(20(23)30)19(29)21(9,31)18(28)12(7)16(13)26/h3-4,7,9,15,25-26,29,31H,5-6,22H2,1-2H3,(H2,23,30)/t7-,9-,15+,21-/m0/s1. The monoisotopic (exact) mass is 429 g/mol. The number of carbonyl (C=O) groups excluding carboxylic acids is 3. The molecule has 0 saturated heterocycles. The zero-order valence-electron chi connectivity index (χ0n) is 16.9. The minimum Gasteiger partial charge on any atom is -0.508 e. The van der Waals surface area contributed by atoms with E-state index in [0.29, 0.717) is 5.56 Å².